The van der Waals surface area contributed by atoms with Gasteiger partial charge in [0.25, 0.3) is 0 Å². The predicted octanol–water partition coefficient (Wildman–Crippen LogP) is 2.39. The minimum Gasteiger partial charge on any atom is -0.451 e. The zero-order chi connectivity index (χ0) is 11.1. The van der Waals surface area contributed by atoms with E-state index in [9.17, 15) is 4.79 Å². The maximum absolute atomic E-state index is 11.1. The third-order valence-electron chi connectivity index (χ3n) is 1.68. The van der Waals surface area contributed by atoms with Gasteiger partial charge >= 0.3 is 5.97 Å². The SMILES string of the molecule is CC(C)C#CC(=O)OCc1ccccc1. The molecule has 78 valence electrons. The maximum Gasteiger partial charge on any atom is 0.384 e. The van der Waals surface area contributed by atoms with Crippen LogP contribution >= 0.6 is 0 Å². The Balaban J connectivity index is 2.39. The van der Waals surface area contributed by atoms with Crippen molar-refractivity contribution in [2.45, 2.75) is 20.5 Å². The van der Waals surface area contributed by atoms with Crippen molar-refractivity contribution in [3.63, 3.8) is 0 Å². The highest BCUT2D eigenvalue weighted by Crippen LogP contribution is 2.00. The summed E-state index contributed by atoms with van der Waals surface area (Å²) in [6.07, 6.45) is 0. The number of carbonyl (C=O) groups excluding carboxylic acids is 1. The Morgan fingerprint density at radius 3 is 2.60 bits per heavy atom. The Hall–Kier alpha value is -1.75. The first-order valence-electron chi connectivity index (χ1n) is 4.90. The van der Waals surface area contributed by atoms with E-state index in [1.807, 2.05) is 44.2 Å². The molecule has 0 spiro atoms. The van der Waals surface area contributed by atoms with Gasteiger partial charge in [-0.25, -0.2) is 4.79 Å². The average Bonchev–Trinajstić information content (AvgIpc) is 2.25. The van der Waals surface area contributed by atoms with Gasteiger partial charge in [0, 0.05) is 11.8 Å². The summed E-state index contributed by atoms with van der Waals surface area (Å²) < 4.78 is 4.97. The quantitative estimate of drug-likeness (QED) is 0.418. The van der Waals surface area contributed by atoms with Gasteiger partial charge in [-0.1, -0.05) is 50.1 Å². The van der Waals surface area contributed by atoms with Gasteiger partial charge in [0.2, 0.25) is 0 Å². The molecule has 2 nitrogen and oxygen atoms in total. The first-order valence-corrected chi connectivity index (χ1v) is 4.90. The van der Waals surface area contributed by atoms with E-state index in [0.717, 1.165) is 5.56 Å². The fourth-order valence-electron chi connectivity index (χ4n) is 0.962. The molecule has 0 N–H and O–H groups in total. The number of rotatable bonds is 2. The fraction of sp³-hybridized carbons (Fsp3) is 0.308. The van der Waals surface area contributed by atoms with Crippen molar-refractivity contribution in [3.8, 4) is 11.8 Å². The highest BCUT2D eigenvalue weighted by molar-refractivity contribution is 5.88. The zero-order valence-electron chi connectivity index (χ0n) is 8.99. The molecule has 0 aromatic heterocycles. The molecular weight excluding hydrogens is 188 g/mol. The van der Waals surface area contributed by atoms with Gasteiger partial charge < -0.3 is 4.74 Å². The molecule has 0 radical (unpaired) electrons. The number of benzene rings is 1. The van der Waals surface area contributed by atoms with Crippen molar-refractivity contribution >= 4 is 5.97 Å². The van der Waals surface area contributed by atoms with Gasteiger partial charge in [0.05, 0.1) is 0 Å². The van der Waals surface area contributed by atoms with Crippen LogP contribution in [0.3, 0.4) is 0 Å². The number of hydrogen-bond donors (Lipinski definition) is 0. The van der Waals surface area contributed by atoms with Crippen molar-refractivity contribution in [1.29, 1.82) is 0 Å². The van der Waals surface area contributed by atoms with E-state index in [0.29, 0.717) is 0 Å². The van der Waals surface area contributed by atoms with Crippen LogP contribution in [0.5, 0.6) is 0 Å². The molecule has 0 aliphatic rings. The topological polar surface area (TPSA) is 26.3 Å². The van der Waals surface area contributed by atoms with Crippen molar-refractivity contribution in [2.75, 3.05) is 0 Å². The van der Waals surface area contributed by atoms with E-state index in [2.05, 4.69) is 11.8 Å². The smallest absolute Gasteiger partial charge is 0.384 e. The Labute approximate surface area is 90.3 Å². The van der Waals surface area contributed by atoms with E-state index in [-0.39, 0.29) is 12.5 Å². The highest BCUT2D eigenvalue weighted by Gasteiger charge is 1.97. The summed E-state index contributed by atoms with van der Waals surface area (Å²) in [4.78, 5) is 11.1. The normalized spacial score (nSPS) is 9.27. The Morgan fingerprint density at radius 2 is 2.00 bits per heavy atom. The first-order chi connectivity index (χ1) is 7.18. The van der Waals surface area contributed by atoms with Crippen LogP contribution in [0.4, 0.5) is 0 Å². The second-order valence-electron chi connectivity index (χ2n) is 3.49. The van der Waals surface area contributed by atoms with Crippen LogP contribution in [0.1, 0.15) is 19.4 Å². The van der Waals surface area contributed by atoms with Crippen molar-refractivity contribution in [3.05, 3.63) is 35.9 Å². The van der Waals surface area contributed by atoms with Crippen LogP contribution < -0.4 is 0 Å². The van der Waals surface area contributed by atoms with Crippen LogP contribution in [-0.2, 0) is 16.1 Å². The predicted molar refractivity (Wildman–Crippen MR) is 58.9 cm³/mol. The lowest BCUT2D eigenvalue weighted by Crippen LogP contribution is -2.01. The molecule has 15 heavy (non-hydrogen) atoms. The molecule has 1 aromatic rings. The zero-order valence-corrected chi connectivity index (χ0v) is 8.99. The third-order valence-corrected chi connectivity index (χ3v) is 1.68. The Morgan fingerprint density at radius 1 is 1.33 bits per heavy atom. The van der Waals surface area contributed by atoms with Gasteiger partial charge in [-0.3, -0.25) is 0 Å². The molecule has 0 fully saturated rings. The molecule has 0 amide bonds. The molecule has 0 atom stereocenters. The molecule has 2 heteroatoms. The third kappa shape index (κ3) is 4.87. The van der Waals surface area contributed by atoms with Gasteiger partial charge in [-0.2, -0.15) is 0 Å². The molecule has 0 saturated heterocycles. The summed E-state index contributed by atoms with van der Waals surface area (Å²) in [5.74, 6) is 4.92. The van der Waals surface area contributed by atoms with E-state index >= 15 is 0 Å². The lowest BCUT2D eigenvalue weighted by atomic mass is 10.2. The van der Waals surface area contributed by atoms with Gasteiger partial charge in [0.15, 0.2) is 0 Å². The van der Waals surface area contributed by atoms with E-state index in [4.69, 9.17) is 4.74 Å². The summed E-state index contributed by atoms with van der Waals surface area (Å²) in [5.41, 5.74) is 0.970. The molecule has 0 bridgehead atoms. The highest BCUT2D eigenvalue weighted by atomic mass is 16.5. The van der Waals surface area contributed by atoms with Crippen LogP contribution in [0.2, 0.25) is 0 Å². The minimum atomic E-state index is -0.465. The lowest BCUT2D eigenvalue weighted by molar-refractivity contribution is -0.137. The summed E-state index contributed by atoms with van der Waals surface area (Å²) >= 11 is 0. The second-order valence-corrected chi connectivity index (χ2v) is 3.49. The number of ether oxygens (including phenoxy) is 1. The lowest BCUT2D eigenvalue weighted by Gasteiger charge is -1.99. The van der Waals surface area contributed by atoms with Crippen LogP contribution in [0.15, 0.2) is 30.3 Å². The monoisotopic (exact) mass is 202 g/mol. The molecule has 0 heterocycles. The van der Waals surface area contributed by atoms with Gasteiger partial charge in [-0.05, 0) is 5.56 Å². The summed E-state index contributed by atoms with van der Waals surface area (Å²) in [6, 6.07) is 9.54. The van der Waals surface area contributed by atoms with Crippen LogP contribution in [0, 0.1) is 17.8 Å². The maximum atomic E-state index is 11.1. The van der Waals surface area contributed by atoms with Crippen LogP contribution in [0.25, 0.3) is 0 Å². The van der Waals surface area contributed by atoms with Crippen molar-refractivity contribution in [1.82, 2.24) is 0 Å². The van der Waals surface area contributed by atoms with E-state index in [1.54, 1.807) is 0 Å². The molecule has 0 saturated carbocycles. The van der Waals surface area contributed by atoms with Gasteiger partial charge in [-0.15, -0.1) is 0 Å². The van der Waals surface area contributed by atoms with Crippen LogP contribution in [-0.4, -0.2) is 5.97 Å². The second kappa shape index (κ2) is 5.87. The van der Waals surface area contributed by atoms with E-state index in [1.165, 1.54) is 0 Å². The number of hydrogen-bond acceptors (Lipinski definition) is 2. The molecule has 0 unspecified atom stereocenters. The molecule has 0 aliphatic heterocycles. The van der Waals surface area contributed by atoms with E-state index < -0.39 is 5.97 Å². The Kier molecular flexibility index (Phi) is 4.43. The standard InChI is InChI=1S/C13H14O2/c1-11(2)8-9-13(14)15-10-12-6-4-3-5-7-12/h3-7,11H,10H2,1-2H3. The number of esters is 1. The summed E-state index contributed by atoms with van der Waals surface area (Å²) in [7, 11) is 0. The average molecular weight is 202 g/mol. The molecule has 0 aliphatic carbocycles. The molecule has 1 aromatic carbocycles. The Bertz CT molecular complexity index is 369. The largest absolute Gasteiger partial charge is 0.451 e. The summed E-state index contributed by atoms with van der Waals surface area (Å²) in [6.45, 7) is 4.14. The number of carbonyl (C=O) groups is 1. The fourth-order valence-corrected chi connectivity index (χ4v) is 0.962. The molecule has 1 rings (SSSR count). The first kappa shape index (κ1) is 11.3. The van der Waals surface area contributed by atoms with Gasteiger partial charge in [0.1, 0.15) is 6.61 Å². The minimum absolute atomic E-state index is 0.189. The van der Waals surface area contributed by atoms with Crippen molar-refractivity contribution in [2.24, 2.45) is 5.92 Å². The summed E-state index contributed by atoms with van der Waals surface area (Å²) in [5, 5.41) is 0. The molecular formula is C13H14O2. The van der Waals surface area contributed by atoms with Crippen molar-refractivity contribution < 1.29 is 9.53 Å².